The molecule has 2 unspecified atom stereocenters. The van der Waals surface area contributed by atoms with Crippen LogP contribution >= 0.6 is 0 Å². The Bertz CT molecular complexity index is 215. The van der Waals surface area contributed by atoms with Crippen molar-refractivity contribution >= 4 is 5.91 Å². The summed E-state index contributed by atoms with van der Waals surface area (Å²) < 4.78 is 0. The Morgan fingerprint density at radius 1 is 1.69 bits per heavy atom. The van der Waals surface area contributed by atoms with Crippen molar-refractivity contribution in [2.75, 3.05) is 0 Å². The first-order valence-electron chi connectivity index (χ1n) is 4.53. The van der Waals surface area contributed by atoms with E-state index < -0.39 is 5.54 Å². The maximum absolute atomic E-state index is 11.5. The number of carbonyl (C=O) groups is 1. The minimum Gasteiger partial charge on any atom is -0.341 e. The molecule has 1 amide bonds. The van der Waals surface area contributed by atoms with Gasteiger partial charge in [-0.05, 0) is 19.8 Å². The maximum atomic E-state index is 11.5. The van der Waals surface area contributed by atoms with E-state index in [2.05, 4.69) is 11.2 Å². The summed E-state index contributed by atoms with van der Waals surface area (Å²) in [5, 5.41) is 2.71. The highest BCUT2D eigenvalue weighted by Crippen LogP contribution is 2.05. The van der Waals surface area contributed by atoms with Crippen molar-refractivity contribution in [2.24, 2.45) is 5.73 Å². The Kier molecular flexibility index (Phi) is 4.50. The number of rotatable bonds is 4. The van der Waals surface area contributed by atoms with Crippen LogP contribution in [0.1, 0.15) is 33.6 Å². The van der Waals surface area contributed by atoms with Crippen LogP contribution in [0.5, 0.6) is 0 Å². The fourth-order valence-electron chi connectivity index (χ4n) is 0.745. The SMILES string of the molecule is C#CC(CC)NC(=O)C(C)(N)CC. The third-order valence-corrected chi connectivity index (χ3v) is 2.17. The van der Waals surface area contributed by atoms with E-state index in [1.54, 1.807) is 6.92 Å². The van der Waals surface area contributed by atoms with Gasteiger partial charge < -0.3 is 11.1 Å². The lowest BCUT2D eigenvalue weighted by Crippen LogP contribution is -2.53. The Morgan fingerprint density at radius 2 is 2.23 bits per heavy atom. The molecule has 74 valence electrons. The zero-order valence-corrected chi connectivity index (χ0v) is 8.55. The molecule has 0 spiro atoms. The van der Waals surface area contributed by atoms with Crippen LogP contribution in [-0.4, -0.2) is 17.5 Å². The summed E-state index contributed by atoms with van der Waals surface area (Å²) in [7, 11) is 0. The van der Waals surface area contributed by atoms with Crippen LogP contribution in [0, 0.1) is 12.3 Å². The van der Waals surface area contributed by atoms with Gasteiger partial charge in [-0.2, -0.15) is 0 Å². The smallest absolute Gasteiger partial charge is 0.240 e. The van der Waals surface area contributed by atoms with Crippen molar-refractivity contribution in [3.05, 3.63) is 0 Å². The monoisotopic (exact) mass is 182 g/mol. The molecule has 0 aromatic carbocycles. The van der Waals surface area contributed by atoms with Crippen LogP contribution in [0.25, 0.3) is 0 Å². The molecular weight excluding hydrogens is 164 g/mol. The van der Waals surface area contributed by atoms with E-state index in [4.69, 9.17) is 12.2 Å². The molecule has 3 heteroatoms. The molecule has 0 aliphatic rings. The molecule has 3 nitrogen and oxygen atoms in total. The van der Waals surface area contributed by atoms with Crippen LogP contribution in [0.2, 0.25) is 0 Å². The zero-order valence-electron chi connectivity index (χ0n) is 8.55. The van der Waals surface area contributed by atoms with Gasteiger partial charge in [-0.3, -0.25) is 4.79 Å². The number of hydrogen-bond donors (Lipinski definition) is 2. The quantitative estimate of drug-likeness (QED) is 0.627. The van der Waals surface area contributed by atoms with Crippen molar-refractivity contribution in [1.82, 2.24) is 5.32 Å². The molecule has 0 saturated heterocycles. The molecule has 0 heterocycles. The van der Waals surface area contributed by atoms with Crippen LogP contribution in [-0.2, 0) is 4.79 Å². The van der Waals surface area contributed by atoms with Gasteiger partial charge in [0, 0.05) is 0 Å². The Morgan fingerprint density at radius 3 is 2.54 bits per heavy atom. The van der Waals surface area contributed by atoms with Crippen molar-refractivity contribution < 1.29 is 4.79 Å². The number of terminal acetylenes is 1. The fraction of sp³-hybridized carbons (Fsp3) is 0.700. The summed E-state index contributed by atoms with van der Waals surface area (Å²) in [6.45, 7) is 5.49. The number of hydrogen-bond acceptors (Lipinski definition) is 2. The summed E-state index contributed by atoms with van der Waals surface area (Å²) in [5.41, 5.74) is 4.92. The van der Waals surface area contributed by atoms with E-state index >= 15 is 0 Å². The molecule has 2 atom stereocenters. The number of nitrogens with two attached hydrogens (primary N) is 1. The second kappa shape index (κ2) is 4.88. The molecule has 13 heavy (non-hydrogen) atoms. The highest BCUT2D eigenvalue weighted by atomic mass is 16.2. The summed E-state index contributed by atoms with van der Waals surface area (Å²) >= 11 is 0. The minimum absolute atomic E-state index is 0.181. The molecule has 0 aliphatic heterocycles. The van der Waals surface area contributed by atoms with Crippen LogP contribution in [0.3, 0.4) is 0 Å². The molecule has 0 bridgehead atoms. The summed E-state index contributed by atoms with van der Waals surface area (Å²) in [4.78, 5) is 11.5. The molecule has 0 fully saturated rings. The largest absolute Gasteiger partial charge is 0.341 e. The molecular formula is C10H18N2O. The first kappa shape index (κ1) is 12.0. The van der Waals surface area contributed by atoms with E-state index in [0.29, 0.717) is 6.42 Å². The first-order chi connectivity index (χ1) is 5.97. The number of nitrogens with one attached hydrogen (secondary N) is 1. The minimum atomic E-state index is -0.815. The highest BCUT2D eigenvalue weighted by Gasteiger charge is 2.26. The van der Waals surface area contributed by atoms with E-state index in [1.807, 2.05) is 13.8 Å². The first-order valence-corrected chi connectivity index (χ1v) is 4.53. The third kappa shape index (κ3) is 3.47. The van der Waals surface area contributed by atoms with Gasteiger partial charge in [-0.1, -0.05) is 19.8 Å². The van der Waals surface area contributed by atoms with Crippen molar-refractivity contribution in [3.8, 4) is 12.3 Å². The Balaban J connectivity index is 4.23. The van der Waals surface area contributed by atoms with E-state index in [9.17, 15) is 4.79 Å². The van der Waals surface area contributed by atoms with Crippen LogP contribution in [0.4, 0.5) is 0 Å². The number of carbonyl (C=O) groups excluding carboxylic acids is 1. The fourth-order valence-corrected chi connectivity index (χ4v) is 0.745. The Labute approximate surface area is 80.1 Å². The molecule has 0 aromatic rings. The lowest BCUT2D eigenvalue weighted by molar-refractivity contribution is -0.126. The van der Waals surface area contributed by atoms with Gasteiger partial charge in [0.25, 0.3) is 0 Å². The van der Waals surface area contributed by atoms with Gasteiger partial charge in [0.15, 0.2) is 0 Å². The normalized spacial score (nSPS) is 16.8. The van der Waals surface area contributed by atoms with Gasteiger partial charge >= 0.3 is 0 Å². The van der Waals surface area contributed by atoms with Gasteiger partial charge in [0.2, 0.25) is 5.91 Å². The predicted molar refractivity (Wildman–Crippen MR) is 53.9 cm³/mol. The van der Waals surface area contributed by atoms with Gasteiger partial charge in [-0.15, -0.1) is 6.42 Å². The second-order valence-corrected chi connectivity index (χ2v) is 3.37. The molecule has 0 aliphatic carbocycles. The zero-order chi connectivity index (χ0) is 10.5. The van der Waals surface area contributed by atoms with Crippen LogP contribution < -0.4 is 11.1 Å². The van der Waals surface area contributed by atoms with Gasteiger partial charge in [0.1, 0.15) is 0 Å². The lowest BCUT2D eigenvalue weighted by Gasteiger charge is -2.23. The van der Waals surface area contributed by atoms with E-state index in [-0.39, 0.29) is 11.9 Å². The highest BCUT2D eigenvalue weighted by molar-refractivity contribution is 5.86. The predicted octanol–water partition coefficient (Wildman–Crippen LogP) is 0.642. The van der Waals surface area contributed by atoms with Crippen molar-refractivity contribution in [3.63, 3.8) is 0 Å². The van der Waals surface area contributed by atoms with Crippen molar-refractivity contribution in [1.29, 1.82) is 0 Å². The molecule has 0 saturated carbocycles. The van der Waals surface area contributed by atoms with E-state index in [1.165, 1.54) is 0 Å². The van der Waals surface area contributed by atoms with Gasteiger partial charge in [0.05, 0.1) is 11.6 Å². The molecule has 0 rings (SSSR count). The average Bonchev–Trinajstić information content (AvgIpc) is 2.13. The standard InChI is InChI=1S/C10H18N2O/c1-5-8(6-2)12-9(13)10(4,11)7-3/h1,8H,6-7,11H2,2-4H3,(H,12,13). The second-order valence-electron chi connectivity index (χ2n) is 3.37. The van der Waals surface area contributed by atoms with Crippen LogP contribution in [0.15, 0.2) is 0 Å². The Hall–Kier alpha value is -1.01. The lowest BCUT2D eigenvalue weighted by atomic mass is 9.99. The molecule has 0 radical (unpaired) electrons. The molecule has 0 aromatic heterocycles. The van der Waals surface area contributed by atoms with Crippen molar-refractivity contribution in [2.45, 2.75) is 45.2 Å². The summed E-state index contributed by atoms with van der Waals surface area (Å²) in [6, 6.07) is -0.207. The topological polar surface area (TPSA) is 55.1 Å². The van der Waals surface area contributed by atoms with E-state index in [0.717, 1.165) is 6.42 Å². The summed E-state index contributed by atoms with van der Waals surface area (Å²) in [6.07, 6.45) is 6.53. The third-order valence-electron chi connectivity index (χ3n) is 2.17. The maximum Gasteiger partial charge on any atom is 0.240 e. The summed E-state index contributed by atoms with van der Waals surface area (Å²) in [5.74, 6) is 2.31. The average molecular weight is 182 g/mol. The number of amides is 1. The molecule has 3 N–H and O–H groups in total. The van der Waals surface area contributed by atoms with Gasteiger partial charge in [-0.25, -0.2) is 0 Å².